The molecule has 0 unspecified atom stereocenters. The first-order chi connectivity index (χ1) is 10.1. The lowest BCUT2D eigenvalue weighted by Crippen LogP contribution is -2.19. The molecule has 21 heavy (non-hydrogen) atoms. The van der Waals surface area contributed by atoms with Crippen molar-refractivity contribution in [2.24, 2.45) is 0 Å². The second-order valence-corrected chi connectivity index (χ2v) is 4.95. The number of benzene rings is 2. The number of halogens is 1. The van der Waals surface area contributed by atoms with Crippen LogP contribution in [0, 0.1) is 5.82 Å². The molecule has 0 aromatic heterocycles. The van der Waals surface area contributed by atoms with Gasteiger partial charge in [0.2, 0.25) is 0 Å². The van der Waals surface area contributed by atoms with Gasteiger partial charge in [-0.1, -0.05) is 30.3 Å². The van der Waals surface area contributed by atoms with Gasteiger partial charge in [-0.05, 0) is 36.4 Å². The van der Waals surface area contributed by atoms with Crippen LogP contribution in [0.15, 0.2) is 48.5 Å². The molecule has 0 saturated carbocycles. The molecule has 0 saturated heterocycles. The smallest absolute Gasteiger partial charge is 0.338 e. The third-order valence-corrected chi connectivity index (χ3v) is 3.23. The van der Waals surface area contributed by atoms with Crippen molar-refractivity contribution in [3.8, 4) is 0 Å². The van der Waals surface area contributed by atoms with E-state index in [9.17, 15) is 9.18 Å². The molecule has 0 aliphatic carbocycles. The fraction of sp³-hybridized carbons (Fsp3) is 0.235. The van der Waals surface area contributed by atoms with Gasteiger partial charge >= 0.3 is 5.97 Å². The van der Waals surface area contributed by atoms with Crippen LogP contribution in [0.25, 0.3) is 0 Å². The molecule has 0 fully saturated rings. The van der Waals surface area contributed by atoms with E-state index in [2.05, 4.69) is 4.90 Å². The van der Waals surface area contributed by atoms with Crippen molar-refractivity contribution in [3.05, 3.63) is 71.0 Å². The van der Waals surface area contributed by atoms with Gasteiger partial charge in [-0.3, -0.25) is 4.90 Å². The fourth-order valence-electron chi connectivity index (χ4n) is 2.22. The second kappa shape index (κ2) is 6.99. The summed E-state index contributed by atoms with van der Waals surface area (Å²) in [5, 5.41) is 0. The normalized spacial score (nSPS) is 10.7. The number of carbonyl (C=O) groups excluding carboxylic acids is 1. The van der Waals surface area contributed by atoms with Crippen LogP contribution in [-0.4, -0.2) is 25.0 Å². The predicted octanol–water partition coefficient (Wildman–Crippen LogP) is 3.24. The maximum Gasteiger partial charge on any atom is 0.338 e. The van der Waals surface area contributed by atoms with Crippen molar-refractivity contribution in [1.82, 2.24) is 4.90 Å². The van der Waals surface area contributed by atoms with E-state index >= 15 is 0 Å². The van der Waals surface area contributed by atoms with Crippen molar-refractivity contribution < 1.29 is 13.9 Å². The number of nitrogens with zero attached hydrogens (tertiary/aromatic N) is 1. The molecule has 2 rings (SSSR count). The zero-order valence-electron chi connectivity index (χ0n) is 12.2. The highest BCUT2D eigenvalue weighted by Crippen LogP contribution is 2.14. The molecule has 4 heteroatoms. The lowest BCUT2D eigenvalue weighted by atomic mass is 10.1. The number of hydrogen-bond acceptors (Lipinski definition) is 3. The summed E-state index contributed by atoms with van der Waals surface area (Å²) in [5.41, 5.74) is 2.51. The second-order valence-electron chi connectivity index (χ2n) is 4.95. The largest absolute Gasteiger partial charge is 0.465 e. The van der Waals surface area contributed by atoms with E-state index in [-0.39, 0.29) is 11.8 Å². The minimum atomic E-state index is -0.333. The number of hydrogen-bond donors (Lipinski definition) is 0. The van der Waals surface area contributed by atoms with E-state index in [4.69, 9.17) is 4.74 Å². The topological polar surface area (TPSA) is 29.5 Å². The Kier molecular flexibility index (Phi) is 5.06. The van der Waals surface area contributed by atoms with Crippen LogP contribution in [0.2, 0.25) is 0 Å². The molecule has 0 aliphatic heterocycles. The molecule has 0 aliphatic rings. The minimum Gasteiger partial charge on any atom is -0.465 e. The summed E-state index contributed by atoms with van der Waals surface area (Å²) in [6.07, 6.45) is 0. The van der Waals surface area contributed by atoms with E-state index in [1.807, 2.05) is 25.2 Å². The van der Waals surface area contributed by atoms with Crippen LogP contribution in [0.5, 0.6) is 0 Å². The van der Waals surface area contributed by atoms with Crippen LogP contribution in [-0.2, 0) is 17.8 Å². The fourth-order valence-corrected chi connectivity index (χ4v) is 2.22. The Bertz CT molecular complexity index is 610. The summed E-state index contributed by atoms with van der Waals surface area (Å²) in [5.74, 6) is -0.571. The van der Waals surface area contributed by atoms with Crippen LogP contribution < -0.4 is 0 Å². The average molecular weight is 287 g/mol. The van der Waals surface area contributed by atoms with E-state index < -0.39 is 0 Å². The third-order valence-electron chi connectivity index (χ3n) is 3.23. The zero-order chi connectivity index (χ0) is 15.2. The summed E-state index contributed by atoms with van der Waals surface area (Å²) in [7, 11) is 3.33. The highest BCUT2D eigenvalue weighted by atomic mass is 19.1. The van der Waals surface area contributed by atoms with Gasteiger partial charge in [-0.2, -0.15) is 0 Å². The highest BCUT2D eigenvalue weighted by molar-refractivity contribution is 5.90. The lowest BCUT2D eigenvalue weighted by molar-refractivity contribution is 0.0598. The molecule has 0 spiro atoms. The Morgan fingerprint density at radius 2 is 1.76 bits per heavy atom. The lowest BCUT2D eigenvalue weighted by Gasteiger charge is -2.18. The van der Waals surface area contributed by atoms with Gasteiger partial charge in [0.15, 0.2) is 0 Å². The standard InChI is InChI=1S/C17H18FNO2/c1-19(11-13-7-9-15(18)10-8-13)12-14-5-3-4-6-16(14)17(20)21-2/h3-10H,11-12H2,1-2H3. The zero-order valence-corrected chi connectivity index (χ0v) is 12.2. The van der Waals surface area contributed by atoms with Gasteiger partial charge in [0.05, 0.1) is 12.7 Å². The minimum absolute atomic E-state index is 0.238. The quantitative estimate of drug-likeness (QED) is 0.791. The molecule has 0 amide bonds. The Labute approximate surface area is 124 Å². The molecule has 0 bridgehead atoms. The van der Waals surface area contributed by atoms with Crippen LogP contribution >= 0.6 is 0 Å². The van der Waals surface area contributed by atoms with Crippen molar-refractivity contribution in [3.63, 3.8) is 0 Å². The molecular formula is C17H18FNO2. The Morgan fingerprint density at radius 3 is 2.43 bits per heavy atom. The van der Waals surface area contributed by atoms with E-state index in [1.54, 1.807) is 18.2 Å². The van der Waals surface area contributed by atoms with Crippen LogP contribution in [0.1, 0.15) is 21.5 Å². The Balaban J connectivity index is 2.07. The number of rotatable bonds is 5. The Hall–Kier alpha value is -2.20. The van der Waals surface area contributed by atoms with Crippen molar-refractivity contribution in [1.29, 1.82) is 0 Å². The molecule has 2 aromatic carbocycles. The molecule has 0 radical (unpaired) electrons. The first-order valence-electron chi connectivity index (χ1n) is 6.69. The van der Waals surface area contributed by atoms with Gasteiger partial charge in [0.25, 0.3) is 0 Å². The summed E-state index contributed by atoms with van der Waals surface area (Å²) in [4.78, 5) is 13.8. The van der Waals surface area contributed by atoms with E-state index in [0.717, 1.165) is 11.1 Å². The van der Waals surface area contributed by atoms with Crippen LogP contribution in [0.3, 0.4) is 0 Å². The first-order valence-corrected chi connectivity index (χ1v) is 6.69. The SMILES string of the molecule is COC(=O)c1ccccc1CN(C)Cc1ccc(F)cc1. The van der Waals surface area contributed by atoms with Gasteiger partial charge in [-0.25, -0.2) is 9.18 Å². The molecule has 110 valence electrons. The average Bonchev–Trinajstić information content (AvgIpc) is 2.49. The third kappa shape index (κ3) is 4.13. The number of esters is 1. The van der Waals surface area contributed by atoms with Gasteiger partial charge < -0.3 is 4.74 Å². The van der Waals surface area contributed by atoms with Crippen molar-refractivity contribution in [2.75, 3.05) is 14.2 Å². The maximum atomic E-state index is 12.9. The van der Waals surface area contributed by atoms with E-state index in [0.29, 0.717) is 18.7 Å². The maximum absolute atomic E-state index is 12.9. The van der Waals surface area contributed by atoms with Gasteiger partial charge in [0.1, 0.15) is 5.82 Å². The molecular weight excluding hydrogens is 269 g/mol. The Morgan fingerprint density at radius 1 is 1.10 bits per heavy atom. The van der Waals surface area contributed by atoms with Crippen LogP contribution in [0.4, 0.5) is 4.39 Å². The molecule has 0 N–H and O–H groups in total. The first kappa shape index (κ1) is 15.2. The summed E-state index contributed by atoms with van der Waals surface area (Å²) < 4.78 is 17.7. The van der Waals surface area contributed by atoms with E-state index in [1.165, 1.54) is 19.2 Å². The van der Waals surface area contributed by atoms with Gasteiger partial charge in [0, 0.05) is 13.1 Å². The molecule has 2 aromatic rings. The number of ether oxygens (including phenoxy) is 1. The summed E-state index contributed by atoms with van der Waals surface area (Å²) in [6, 6.07) is 13.8. The molecule has 3 nitrogen and oxygen atoms in total. The molecule has 0 atom stereocenters. The summed E-state index contributed by atoms with van der Waals surface area (Å²) >= 11 is 0. The highest BCUT2D eigenvalue weighted by Gasteiger charge is 2.12. The number of carbonyl (C=O) groups is 1. The summed E-state index contributed by atoms with van der Waals surface area (Å²) in [6.45, 7) is 1.29. The number of methoxy groups -OCH3 is 1. The predicted molar refractivity (Wildman–Crippen MR) is 79.4 cm³/mol. The molecule has 0 heterocycles. The van der Waals surface area contributed by atoms with Crippen molar-refractivity contribution >= 4 is 5.97 Å². The monoisotopic (exact) mass is 287 g/mol. The van der Waals surface area contributed by atoms with Gasteiger partial charge in [-0.15, -0.1) is 0 Å². The van der Waals surface area contributed by atoms with Crippen molar-refractivity contribution in [2.45, 2.75) is 13.1 Å².